The molecule has 0 saturated carbocycles. The van der Waals surface area contributed by atoms with Crippen LogP contribution in [0, 0.1) is 0 Å². The van der Waals surface area contributed by atoms with E-state index in [0.717, 1.165) is 38.3 Å². The van der Waals surface area contributed by atoms with Crippen molar-refractivity contribution in [3.8, 4) is 0 Å². The van der Waals surface area contributed by atoms with Gasteiger partial charge in [0, 0.05) is 32.1 Å². The van der Waals surface area contributed by atoms with E-state index < -0.39 is 0 Å². The summed E-state index contributed by atoms with van der Waals surface area (Å²) in [7, 11) is 0. The van der Waals surface area contributed by atoms with Crippen LogP contribution in [0.1, 0.15) is 36.7 Å². The number of hydrogen-bond donors (Lipinski definition) is 2. The van der Waals surface area contributed by atoms with Crippen LogP contribution in [-0.2, 0) is 6.42 Å². The molecule has 94 valence electrons. The Bertz CT molecular complexity index is 389. The highest BCUT2D eigenvalue weighted by atomic mass is 16.2. The van der Waals surface area contributed by atoms with Gasteiger partial charge in [0.15, 0.2) is 0 Å². The monoisotopic (exact) mass is 237 g/mol. The number of aromatic amines is 1. The lowest BCUT2D eigenvalue weighted by Gasteiger charge is -2.30. The van der Waals surface area contributed by atoms with Crippen molar-refractivity contribution >= 4 is 5.91 Å². The Hall–Kier alpha value is -1.43. The van der Waals surface area contributed by atoms with Crippen LogP contribution in [0.25, 0.3) is 0 Å². The molecule has 0 bridgehead atoms. The Labute approximate surface area is 101 Å². The van der Waals surface area contributed by atoms with Gasteiger partial charge in [0.1, 0.15) is 5.82 Å². The van der Waals surface area contributed by atoms with Crippen molar-refractivity contribution in [2.45, 2.75) is 32.7 Å². The Kier molecular flexibility index (Phi) is 3.73. The second-order valence-electron chi connectivity index (χ2n) is 4.46. The summed E-state index contributed by atoms with van der Waals surface area (Å²) in [5.74, 6) is 1.01. The van der Waals surface area contributed by atoms with Gasteiger partial charge in [0.05, 0.1) is 0 Å². The topological polar surface area (TPSA) is 73.9 Å². The molecule has 1 atom stereocenters. The second-order valence-corrected chi connectivity index (χ2v) is 4.46. The summed E-state index contributed by atoms with van der Waals surface area (Å²) in [6.45, 7) is 6.42. The number of rotatable bonds is 3. The predicted octanol–water partition coefficient (Wildman–Crippen LogP) is 0.191. The van der Waals surface area contributed by atoms with Crippen LogP contribution in [0.4, 0.5) is 0 Å². The largest absolute Gasteiger partial charge is 0.333 e. The smallest absolute Gasteiger partial charge is 0.293 e. The Morgan fingerprint density at radius 1 is 1.59 bits per heavy atom. The van der Waals surface area contributed by atoms with Crippen molar-refractivity contribution in [3.63, 3.8) is 0 Å². The summed E-state index contributed by atoms with van der Waals surface area (Å²) in [6.07, 6.45) is 1.83. The van der Waals surface area contributed by atoms with Gasteiger partial charge in [-0.2, -0.15) is 0 Å². The highest BCUT2D eigenvalue weighted by Gasteiger charge is 2.24. The van der Waals surface area contributed by atoms with Gasteiger partial charge >= 0.3 is 0 Å². The van der Waals surface area contributed by atoms with Gasteiger partial charge in [-0.15, -0.1) is 5.10 Å². The fourth-order valence-corrected chi connectivity index (χ4v) is 2.00. The molecule has 1 fully saturated rings. The summed E-state index contributed by atoms with van der Waals surface area (Å²) >= 11 is 0. The molecule has 1 amide bonds. The molecule has 17 heavy (non-hydrogen) atoms. The molecule has 2 heterocycles. The lowest BCUT2D eigenvalue weighted by molar-refractivity contribution is 0.0697. The Morgan fingerprint density at radius 3 is 3.12 bits per heavy atom. The first kappa shape index (κ1) is 12.0. The molecule has 0 radical (unpaired) electrons. The van der Waals surface area contributed by atoms with Crippen LogP contribution in [-0.4, -0.2) is 51.7 Å². The summed E-state index contributed by atoms with van der Waals surface area (Å²) in [5, 5.41) is 10.1. The normalized spacial score (nSPS) is 20.6. The van der Waals surface area contributed by atoms with E-state index in [9.17, 15) is 4.79 Å². The van der Waals surface area contributed by atoms with E-state index in [0.29, 0.717) is 11.9 Å². The number of H-pyrrole nitrogens is 1. The van der Waals surface area contributed by atoms with Gasteiger partial charge in [-0.1, -0.05) is 6.92 Å². The molecular weight excluding hydrogens is 218 g/mol. The van der Waals surface area contributed by atoms with E-state index in [1.54, 1.807) is 4.90 Å². The number of nitrogens with zero attached hydrogens (tertiary/aromatic N) is 3. The van der Waals surface area contributed by atoms with E-state index >= 15 is 0 Å². The molecule has 6 nitrogen and oxygen atoms in total. The summed E-state index contributed by atoms with van der Waals surface area (Å²) in [4.78, 5) is 18.1. The molecule has 1 aliphatic heterocycles. The van der Waals surface area contributed by atoms with Gasteiger partial charge in [-0.3, -0.25) is 9.89 Å². The number of carbonyl (C=O) groups is 1. The average molecular weight is 237 g/mol. The minimum absolute atomic E-state index is 0.0723. The molecule has 1 aromatic heterocycles. The van der Waals surface area contributed by atoms with E-state index in [2.05, 4.69) is 34.3 Å². The fraction of sp³-hybridized carbons (Fsp3) is 0.727. The van der Waals surface area contributed by atoms with Gasteiger partial charge in [-0.25, -0.2) is 4.98 Å². The first-order valence-electron chi connectivity index (χ1n) is 6.14. The summed E-state index contributed by atoms with van der Waals surface area (Å²) in [5.41, 5.74) is 0. The molecule has 2 rings (SSSR count). The third-order valence-electron chi connectivity index (χ3n) is 2.87. The third-order valence-corrected chi connectivity index (χ3v) is 2.87. The Balaban J connectivity index is 2.02. The number of aromatic nitrogens is 3. The van der Waals surface area contributed by atoms with Crippen molar-refractivity contribution in [1.29, 1.82) is 0 Å². The molecular formula is C11H19N5O. The molecule has 0 aromatic carbocycles. The third kappa shape index (κ3) is 2.82. The zero-order valence-corrected chi connectivity index (χ0v) is 10.4. The van der Waals surface area contributed by atoms with Gasteiger partial charge in [-0.05, 0) is 13.3 Å². The van der Waals surface area contributed by atoms with Crippen molar-refractivity contribution in [1.82, 2.24) is 25.4 Å². The van der Waals surface area contributed by atoms with Gasteiger partial charge in [0.2, 0.25) is 5.82 Å². The molecule has 1 aromatic rings. The number of piperazine rings is 1. The molecule has 0 unspecified atom stereocenters. The first-order valence-corrected chi connectivity index (χ1v) is 6.14. The maximum absolute atomic E-state index is 12.1. The van der Waals surface area contributed by atoms with Gasteiger partial charge in [0.25, 0.3) is 5.91 Å². The Morgan fingerprint density at radius 2 is 2.41 bits per heavy atom. The van der Waals surface area contributed by atoms with Crippen molar-refractivity contribution < 1.29 is 4.79 Å². The zero-order valence-electron chi connectivity index (χ0n) is 10.4. The minimum Gasteiger partial charge on any atom is -0.333 e. The standard InChI is InChI=1S/C11H19N5O/c1-3-4-9-13-10(15-14-9)11(17)16-6-5-12-8(2)7-16/h8,12H,3-7H2,1-2H3,(H,13,14,15)/t8-/m0/s1. The van der Waals surface area contributed by atoms with E-state index in [1.165, 1.54) is 0 Å². The van der Waals surface area contributed by atoms with E-state index in [-0.39, 0.29) is 5.91 Å². The lowest BCUT2D eigenvalue weighted by Crippen LogP contribution is -2.51. The lowest BCUT2D eigenvalue weighted by atomic mass is 10.2. The van der Waals surface area contributed by atoms with Crippen LogP contribution >= 0.6 is 0 Å². The molecule has 2 N–H and O–H groups in total. The predicted molar refractivity (Wildman–Crippen MR) is 63.7 cm³/mol. The number of amides is 1. The summed E-state index contributed by atoms with van der Waals surface area (Å²) < 4.78 is 0. The fourth-order valence-electron chi connectivity index (χ4n) is 2.00. The first-order chi connectivity index (χ1) is 8.20. The van der Waals surface area contributed by atoms with Crippen molar-refractivity contribution in [2.24, 2.45) is 0 Å². The van der Waals surface area contributed by atoms with Crippen LogP contribution in [0.5, 0.6) is 0 Å². The highest BCUT2D eigenvalue weighted by molar-refractivity contribution is 5.90. The molecule has 6 heteroatoms. The van der Waals surface area contributed by atoms with Crippen LogP contribution in [0.3, 0.4) is 0 Å². The quantitative estimate of drug-likeness (QED) is 0.787. The number of nitrogens with one attached hydrogen (secondary N) is 2. The van der Waals surface area contributed by atoms with E-state index in [1.807, 2.05) is 0 Å². The maximum Gasteiger partial charge on any atom is 0.293 e. The second kappa shape index (κ2) is 5.27. The van der Waals surface area contributed by atoms with Crippen LogP contribution in [0.2, 0.25) is 0 Å². The number of hydrogen-bond acceptors (Lipinski definition) is 4. The molecule has 1 saturated heterocycles. The minimum atomic E-state index is -0.0723. The number of carbonyl (C=O) groups excluding carboxylic acids is 1. The van der Waals surface area contributed by atoms with E-state index in [4.69, 9.17) is 0 Å². The zero-order chi connectivity index (χ0) is 12.3. The highest BCUT2D eigenvalue weighted by Crippen LogP contribution is 2.05. The van der Waals surface area contributed by atoms with Crippen molar-refractivity contribution in [2.75, 3.05) is 19.6 Å². The van der Waals surface area contributed by atoms with Crippen LogP contribution in [0.15, 0.2) is 0 Å². The average Bonchev–Trinajstić information content (AvgIpc) is 2.77. The van der Waals surface area contributed by atoms with Gasteiger partial charge < -0.3 is 10.2 Å². The summed E-state index contributed by atoms with van der Waals surface area (Å²) in [6, 6.07) is 0.335. The molecule has 0 aliphatic carbocycles. The van der Waals surface area contributed by atoms with Crippen LogP contribution < -0.4 is 5.32 Å². The maximum atomic E-state index is 12.1. The van der Waals surface area contributed by atoms with Crippen molar-refractivity contribution in [3.05, 3.63) is 11.6 Å². The SMILES string of the molecule is CCCc1nc(C(=O)N2CCN[C@@H](C)C2)n[nH]1. The molecule has 0 spiro atoms. The molecule has 1 aliphatic rings. The number of aryl methyl sites for hydroxylation is 1.